The predicted molar refractivity (Wildman–Crippen MR) is 128 cm³/mol. The number of piperazine rings is 1. The Bertz CT molecular complexity index is 982. The third-order valence-corrected chi connectivity index (χ3v) is 5.96. The van der Waals surface area contributed by atoms with E-state index < -0.39 is 0 Å². The summed E-state index contributed by atoms with van der Waals surface area (Å²) >= 11 is 0. The summed E-state index contributed by atoms with van der Waals surface area (Å²) in [6.45, 7) is 5.52. The number of anilines is 1. The van der Waals surface area contributed by atoms with Gasteiger partial charge in [0.1, 0.15) is 5.82 Å². The van der Waals surface area contributed by atoms with Crippen LogP contribution in [0.4, 0.5) is 10.1 Å². The van der Waals surface area contributed by atoms with Crippen LogP contribution in [0, 0.1) is 5.82 Å². The van der Waals surface area contributed by atoms with Gasteiger partial charge in [-0.3, -0.25) is 9.69 Å². The second-order valence-corrected chi connectivity index (χ2v) is 8.25. The van der Waals surface area contributed by atoms with Crippen LogP contribution in [0.3, 0.4) is 0 Å². The van der Waals surface area contributed by atoms with Crippen molar-refractivity contribution in [2.75, 3.05) is 44.2 Å². The van der Waals surface area contributed by atoms with Gasteiger partial charge in [-0.05, 0) is 53.9 Å². The number of hydrogen-bond donors (Lipinski definition) is 1. The molecule has 0 spiro atoms. The first-order chi connectivity index (χ1) is 15.7. The molecule has 166 valence electrons. The summed E-state index contributed by atoms with van der Waals surface area (Å²) in [6.07, 6.45) is 1.35. The van der Waals surface area contributed by atoms with E-state index in [2.05, 4.69) is 39.4 Å². The SMILES string of the molecule is O=C(Cc1ccc(-c2ccccc2)cc1)NCCCN1CCN(c2ccc(F)cc2)CC1. The lowest BCUT2D eigenvalue weighted by molar-refractivity contribution is -0.120. The Morgan fingerprint density at radius 2 is 1.47 bits per heavy atom. The first-order valence-electron chi connectivity index (χ1n) is 11.3. The summed E-state index contributed by atoms with van der Waals surface area (Å²) < 4.78 is 13.1. The zero-order valence-electron chi connectivity index (χ0n) is 18.3. The van der Waals surface area contributed by atoms with Crippen LogP contribution in [0.15, 0.2) is 78.9 Å². The highest BCUT2D eigenvalue weighted by Crippen LogP contribution is 2.19. The number of carbonyl (C=O) groups is 1. The van der Waals surface area contributed by atoms with Crippen molar-refractivity contribution in [2.24, 2.45) is 0 Å². The molecule has 0 saturated carbocycles. The smallest absolute Gasteiger partial charge is 0.224 e. The van der Waals surface area contributed by atoms with Gasteiger partial charge in [0.05, 0.1) is 6.42 Å². The quantitative estimate of drug-likeness (QED) is 0.538. The van der Waals surface area contributed by atoms with Gasteiger partial charge in [-0.1, -0.05) is 54.6 Å². The molecule has 3 aromatic rings. The highest BCUT2D eigenvalue weighted by Gasteiger charge is 2.16. The molecule has 1 fully saturated rings. The van der Waals surface area contributed by atoms with Crippen LogP contribution in [0.25, 0.3) is 11.1 Å². The second-order valence-electron chi connectivity index (χ2n) is 8.25. The maximum atomic E-state index is 13.1. The molecule has 4 rings (SSSR count). The number of nitrogens with one attached hydrogen (secondary N) is 1. The molecular formula is C27H30FN3O. The van der Waals surface area contributed by atoms with Crippen LogP contribution in [0.1, 0.15) is 12.0 Å². The Morgan fingerprint density at radius 1 is 0.812 bits per heavy atom. The topological polar surface area (TPSA) is 35.6 Å². The monoisotopic (exact) mass is 431 g/mol. The first kappa shape index (κ1) is 22.0. The van der Waals surface area contributed by atoms with Crippen molar-refractivity contribution < 1.29 is 9.18 Å². The van der Waals surface area contributed by atoms with Crippen LogP contribution in [-0.2, 0) is 11.2 Å². The first-order valence-corrected chi connectivity index (χ1v) is 11.3. The average molecular weight is 432 g/mol. The lowest BCUT2D eigenvalue weighted by Gasteiger charge is -2.36. The molecule has 0 unspecified atom stereocenters. The molecule has 0 aliphatic carbocycles. The summed E-state index contributed by atoms with van der Waals surface area (Å²) in [5.41, 5.74) is 4.45. The van der Waals surface area contributed by atoms with E-state index in [0.717, 1.165) is 56.0 Å². The van der Waals surface area contributed by atoms with Crippen LogP contribution < -0.4 is 10.2 Å². The minimum atomic E-state index is -0.196. The van der Waals surface area contributed by atoms with E-state index in [1.165, 1.54) is 17.7 Å². The fourth-order valence-corrected chi connectivity index (χ4v) is 4.11. The summed E-state index contributed by atoms with van der Waals surface area (Å²) in [5.74, 6) is -0.128. The molecule has 0 radical (unpaired) electrons. The number of rotatable bonds is 8. The maximum Gasteiger partial charge on any atom is 0.224 e. The molecule has 0 bridgehead atoms. The van der Waals surface area contributed by atoms with Crippen molar-refractivity contribution in [3.63, 3.8) is 0 Å². The van der Waals surface area contributed by atoms with Crippen LogP contribution >= 0.6 is 0 Å². The molecule has 32 heavy (non-hydrogen) atoms. The molecule has 1 N–H and O–H groups in total. The highest BCUT2D eigenvalue weighted by atomic mass is 19.1. The van der Waals surface area contributed by atoms with Gasteiger partial charge in [0, 0.05) is 38.4 Å². The van der Waals surface area contributed by atoms with Crippen LogP contribution in [0.5, 0.6) is 0 Å². The van der Waals surface area contributed by atoms with Gasteiger partial charge in [-0.15, -0.1) is 0 Å². The van der Waals surface area contributed by atoms with E-state index in [-0.39, 0.29) is 11.7 Å². The standard InChI is InChI=1S/C27H30FN3O/c28-25-11-13-26(14-12-25)31-19-17-30(18-20-31)16-4-15-29-27(32)21-22-7-9-24(10-8-22)23-5-2-1-3-6-23/h1-3,5-14H,4,15-21H2,(H,29,32). The average Bonchev–Trinajstić information content (AvgIpc) is 2.84. The zero-order valence-corrected chi connectivity index (χ0v) is 18.3. The summed E-state index contributed by atoms with van der Waals surface area (Å²) in [6, 6.07) is 25.2. The van der Waals surface area contributed by atoms with Crippen molar-refractivity contribution in [3.05, 3.63) is 90.2 Å². The number of nitrogens with zero attached hydrogens (tertiary/aromatic N) is 2. The second kappa shape index (κ2) is 10.9. The fraction of sp³-hybridized carbons (Fsp3) is 0.296. The van der Waals surface area contributed by atoms with Gasteiger partial charge in [-0.25, -0.2) is 4.39 Å². The van der Waals surface area contributed by atoms with Crippen molar-refractivity contribution in [1.82, 2.24) is 10.2 Å². The van der Waals surface area contributed by atoms with Gasteiger partial charge in [-0.2, -0.15) is 0 Å². The third-order valence-electron chi connectivity index (χ3n) is 5.96. The summed E-state index contributed by atoms with van der Waals surface area (Å²) in [7, 11) is 0. The molecule has 1 aliphatic heterocycles. The van der Waals surface area contributed by atoms with Gasteiger partial charge >= 0.3 is 0 Å². The maximum absolute atomic E-state index is 13.1. The summed E-state index contributed by atoms with van der Waals surface area (Å²) in [4.78, 5) is 17.0. The highest BCUT2D eigenvalue weighted by molar-refractivity contribution is 5.78. The molecule has 1 amide bonds. The Hall–Kier alpha value is -3.18. The molecule has 1 aliphatic rings. The van der Waals surface area contributed by atoms with E-state index in [9.17, 15) is 9.18 Å². The Balaban J connectivity index is 1.13. The van der Waals surface area contributed by atoms with E-state index in [1.54, 1.807) is 0 Å². The lowest BCUT2D eigenvalue weighted by atomic mass is 10.0. The fourth-order valence-electron chi connectivity index (χ4n) is 4.11. The molecule has 0 aromatic heterocycles. The van der Waals surface area contributed by atoms with Crippen LogP contribution in [-0.4, -0.2) is 50.1 Å². The molecule has 0 atom stereocenters. The summed E-state index contributed by atoms with van der Waals surface area (Å²) in [5, 5.41) is 3.05. The van der Waals surface area contributed by atoms with Crippen molar-refractivity contribution in [2.45, 2.75) is 12.8 Å². The molecule has 4 nitrogen and oxygen atoms in total. The normalized spacial score (nSPS) is 14.3. The minimum absolute atomic E-state index is 0.0681. The van der Waals surface area contributed by atoms with Gasteiger partial charge in [0.25, 0.3) is 0 Å². The van der Waals surface area contributed by atoms with Gasteiger partial charge in [0.15, 0.2) is 0 Å². The Kier molecular flexibility index (Phi) is 7.51. The minimum Gasteiger partial charge on any atom is -0.369 e. The lowest BCUT2D eigenvalue weighted by Crippen LogP contribution is -2.47. The molecule has 1 heterocycles. The largest absolute Gasteiger partial charge is 0.369 e. The third kappa shape index (κ3) is 6.17. The van der Waals surface area contributed by atoms with Gasteiger partial charge in [0.2, 0.25) is 5.91 Å². The molecule has 5 heteroatoms. The zero-order chi connectivity index (χ0) is 22.2. The Morgan fingerprint density at radius 3 is 2.16 bits per heavy atom. The van der Waals surface area contributed by atoms with E-state index >= 15 is 0 Å². The molecular weight excluding hydrogens is 401 g/mol. The number of hydrogen-bond acceptors (Lipinski definition) is 3. The van der Waals surface area contributed by atoms with Gasteiger partial charge < -0.3 is 10.2 Å². The molecule has 3 aromatic carbocycles. The van der Waals surface area contributed by atoms with E-state index in [4.69, 9.17) is 0 Å². The van der Waals surface area contributed by atoms with Crippen molar-refractivity contribution in [3.8, 4) is 11.1 Å². The number of benzene rings is 3. The van der Waals surface area contributed by atoms with Crippen molar-refractivity contribution >= 4 is 11.6 Å². The number of carbonyl (C=O) groups excluding carboxylic acids is 1. The Labute approximate surface area is 189 Å². The van der Waals surface area contributed by atoms with Crippen molar-refractivity contribution in [1.29, 1.82) is 0 Å². The van der Waals surface area contributed by atoms with E-state index in [1.807, 2.05) is 42.5 Å². The number of halogens is 1. The predicted octanol–water partition coefficient (Wildman–Crippen LogP) is 4.36. The number of amides is 1. The van der Waals surface area contributed by atoms with Crippen LogP contribution in [0.2, 0.25) is 0 Å². The molecule has 1 saturated heterocycles. The van der Waals surface area contributed by atoms with E-state index in [0.29, 0.717) is 13.0 Å².